The van der Waals surface area contributed by atoms with Gasteiger partial charge in [0.2, 0.25) is 5.91 Å². The number of rotatable bonds is 4. The van der Waals surface area contributed by atoms with E-state index in [1.807, 2.05) is 0 Å². The van der Waals surface area contributed by atoms with E-state index in [2.05, 4.69) is 0 Å². The zero-order valence-corrected chi connectivity index (χ0v) is 12.4. The van der Waals surface area contributed by atoms with Crippen LogP contribution in [0.5, 0.6) is 0 Å². The first-order valence-corrected chi connectivity index (χ1v) is 6.92. The van der Waals surface area contributed by atoms with Crippen molar-refractivity contribution in [2.45, 2.75) is 36.7 Å². The lowest BCUT2D eigenvalue weighted by Gasteiger charge is -2.49. The van der Waals surface area contributed by atoms with Gasteiger partial charge in [-0.25, -0.2) is 0 Å². The van der Waals surface area contributed by atoms with Gasteiger partial charge in [-0.3, -0.25) is 20.2 Å². The van der Waals surface area contributed by atoms with Crippen LogP contribution in [0.15, 0.2) is 30.3 Å². The van der Waals surface area contributed by atoms with E-state index >= 15 is 0 Å². The minimum atomic E-state index is -3.10. The molecule has 0 aliphatic carbocycles. The fourth-order valence-electron chi connectivity index (χ4n) is 2.78. The molecule has 10 heteroatoms. The molecule has 0 radical (unpaired) electrons. The highest BCUT2D eigenvalue weighted by Crippen LogP contribution is 2.43. The molecule has 2 rings (SSSR count). The predicted octanol–water partition coefficient (Wildman–Crippen LogP) is -1.95. The molecule has 0 saturated carbocycles. The minimum absolute atomic E-state index is 0.193. The van der Waals surface area contributed by atoms with Crippen molar-refractivity contribution in [3.05, 3.63) is 46.0 Å². The van der Waals surface area contributed by atoms with Crippen LogP contribution in [0.1, 0.15) is 13.8 Å². The number of benzene rings is 1. The van der Waals surface area contributed by atoms with Gasteiger partial charge < -0.3 is 25.2 Å². The van der Waals surface area contributed by atoms with Gasteiger partial charge in [0.1, 0.15) is 12.2 Å². The Morgan fingerprint density at radius 1 is 1.46 bits per heavy atom. The molecule has 1 aromatic rings. The Bertz CT molecular complexity index is 647. The predicted molar refractivity (Wildman–Crippen MR) is 77.9 cm³/mol. The molecule has 5 N–H and O–H groups in total. The van der Waals surface area contributed by atoms with Crippen molar-refractivity contribution in [2.75, 3.05) is 6.61 Å². The van der Waals surface area contributed by atoms with Gasteiger partial charge in [-0.15, -0.1) is 0 Å². The lowest BCUT2D eigenvalue weighted by atomic mass is 9.80. The summed E-state index contributed by atoms with van der Waals surface area (Å²) in [6, 6.07) is 6.92. The van der Waals surface area contributed by atoms with Gasteiger partial charge >= 0.3 is 5.66 Å². The Labute approximate surface area is 137 Å². The zero-order chi connectivity index (χ0) is 18.8. The van der Waals surface area contributed by atoms with Gasteiger partial charge in [-0.2, -0.15) is 0 Å². The number of aliphatic hydroxyl groups excluding tert-OH is 3. The number of hydrogen-bond donors (Lipinski definition) is 5. The van der Waals surface area contributed by atoms with E-state index in [0.29, 0.717) is 0 Å². The van der Waals surface area contributed by atoms with Crippen LogP contribution in [0, 0.1) is 10.1 Å². The highest BCUT2D eigenvalue weighted by molar-refractivity contribution is 5.74. The number of hydrogen-bond acceptors (Lipinski definition) is 8. The number of ether oxygens (including phenoxy) is 1. The number of carbonyl (C=O) groups excluding carboxylic acids is 1. The van der Waals surface area contributed by atoms with Crippen LogP contribution in [0.25, 0.3) is 0 Å². The van der Waals surface area contributed by atoms with Crippen LogP contribution in [0.3, 0.4) is 0 Å². The average molecular weight is 343 g/mol. The van der Waals surface area contributed by atoms with Gasteiger partial charge in [-0.1, -0.05) is 30.3 Å². The summed E-state index contributed by atoms with van der Waals surface area (Å²) in [7, 11) is 0. The summed E-state index contributed by atoms with van der Waals surface area (Å²) in [5.41, 5.74) is -3.29. The normalized spacial score (nSPS) is 36.7. The maximum Gasteiger partial charge on any atom is 0.382 e. The number of nitrogens with zero attached hydrogens (tertiary/aromatic N) is 1. The summed E-state index contributed by atoms with van der Waals surface area (Å²) in [5, 5.41) is 54.4. The lowest BCUT2D eigenvalue weighted by Crippen LogP contribution is -2.80. The Morgan fingerprint density at radius 3 is 2.58 bits per heavy atom. The number of amides is 1. The van der Waals surface area contributed by atoms with Gasteiger partial charge in [0.05, 0.1) is 11.5 Å². The second-order valence-electron chi connectivity index (χ2n) is 5.36. The van der Waals surface area contributed by atoms with Crippen LogP contribution in [0.4, 0.5) is 0 Å². The number of nitrogens with one attached hydrogen (secondary N) is 1. The molecule has 1 unspecified atom stereocenters. The smallest absolute Gasteiger partial charge is 0.382 e. The Balaban J connectivity index is 2.71. The van der Waals surface area contributed by atoms with Gasteiger partial charge in [0.25, 0.3) is 5.79 Å². The van der Waals surface area contributed by atoms with E-state index in [-0.39, 0.29) is 5.56 Å². The third-order valence-corrected chi connectivity index (χ3v) is 3.93. The van der Waals surface area contributed by atoms with E-state index in [1.165, 1.54) is 24.3 Å². The number of aliphatic hydroxyl groups is 4. The van der Waals surface area contributed by atoms with Crippen LogP contribution >= 0.6 is 0 Å². The summed E-state index contributed by atoms with van der Waals surface area (Å²) >= 11 is 0. The lowest BCUT2D eigenvalue weighted by molar-refractivity contribution is -0.651. The first-order chi connectivity index (χ1) is 11.7. The molecule has 1 aromatic carbocycles. The maximum atomic E-state index is 11.8. The maximum absolute atomic E-state index is 11.8. The standard InChI is InChI=1S/C14H18N2O8/c1-8(18)15-13(16(22)23)12(20)11(19)10(7-17)24-14(13,21)9-5-3-2-4-6-9/h2-6,10-12,17,19-21H,7H2,1H3,(H,15,18)/t10-,11-,12+,13+,14?/m1/s1/i1D. The van der Waals surface area contributed by atoms with Gasteiger partial charge in [0, 0.05) is 13.8 Å². The fourth-order valence-corrected chi connectivity index (χ4v) is 2.78. The van der Waals surface area contributed by atoms with Crippen molar-refractivity contribution in [3.63, 3.8) is 0 Å². The van der Waals surface area contributed by atoms with Gasteiger partial charge in [0.15, 0.2) is 6.10 Å². The van der Waals surface area contributed by atoms with Crippen molar-refractivity contribution in [3.8, 4) is 0 Å². The molecule has 0 spiro atoms. The summed E-state index contributed by atoms with van der Waals surface area (Å²) in [6.45, 7) is -1.78. The Morgan fingerprint density at radius 2 is 2.08 bits per heavy atom. The van der Waals surface area contributed by atoms with Crippen LogP contribution < -0.4 is 5.32 Å². The highest BCUT2D eigenvalue weighted by atomic mass is 16.7. The zero-order valence-electron chi connectivity index (χ0n) is 13.4. The van der Waals surface area contributed by atoms with E-state index in [0.717, 1.165) is 0 Å². The van der Waals surface area contributed by atoms with Crippen LogP contribution in [0.2, 0.25) is 0 Å². The molecule has 1 amide bonds. The molecule has 132 valence electrons. The van der Waals surface area contributed by atoms with Crippen molar-refractivity contribution in [1.82, 2.24) is 5.32 Å². The molecule has 24 heavy (non-hydrogen) atoms. The van der Waals surface area contributed by atoms with E-state index in [4.69, 9.17) is 6.11 Å². The monoisotopic (exact) mass is 343 g/mol. The second kappa shape index (κ2) is 6.42. The molecule has 0 aromatic heterocycles. The summed E-state index contributed by atoms with van der Waals surface area (Å²) < 4.78 is 12.2. The minimum Gasteiger partial charge on any atom is -0.394 e. The topological polar surface area (TPSA) is 162 Å². The molecule has 1 aliphatic rings. The molecule has 1 saturated heterocycles. The van der Waals surface area contributed by atoms with Crippen LogP contribution in [-0.2, 0) is 15.3 Å². The first-order valence-electron chi connectivity index (χ1n) is 7.62. The molecular formula is C14H18N2O8. The number of nitro groups is 1. The summed E-state index contributed by atoms with van der Waals surface area (Å²) in [5.74, 6) is -4.10. The highest BCUT2D eigenvalue weighted by Gasteiger charge is 2.74. The van der Waals surface area contributed by atoms with Crippen molar-refractivity contribution in [1.29, 1.82) is 0 Å². The second-order valence-corrected chi connectivity index (χ2v) is 5.36. The fraction of sp³-hybridized carbons (Fsp3) is 0.500. The SMILES string of the molecule is [2H]CC(=O)N[C@]1([N+](=O)[O-])[C@@H](O)[C@H](O)[C@@H](CO)OC1(O)c1ccccc1. The third-order valence-electron chi connectivity index (χ3n) is 3.93. The summed E-state index contributed by atoms with van der Waals surface area (Å²) in [4.78, 5) is 22.3. The molecule has 5 atom stereocenters. The Hall–Kier alpha value is -2.11. The molecule has 1 heterocycles. The quantitative estimate of drug-likeness (QED) is 0.239. The Kier molecular flexibility index (Phi) is 4.47. The van der Waals surface area contributed by atoms with E-state index in [1.54, 1.807) is 11.4 Å². The van der Waals surface area contributed by atoms with E-state index in [9.17, 15) is 35.3 Å². The summed E-state index contributed by atoms with van der Waals surface area (Å²) in [6.07, 6.45) is -5.87. The molecular weight excluding hydrogens is 324 g/mol. The largest absolute Gasteiger partial charge is 0.394 e. The average Bonchev–Trinajstić information content (AvgIpc) is 2.62. The van der Waals surface area contributed by atoms with Crippen LogP contribution in [-0.4, -0.2) is 61.8 Å². The molecule has 0 bridgehead atoms. The van der Waals surface area contributed by atoms with Crippen molar-refractivity contribution >= 4 is 5.91 Å². The number of carbonyl (C=O) groups is 1. The molecule has 1 fully saturated rings. The molecule has 10 nitrogen and oxygen atoms in total. The van der Waals surface area contributed by atoms with Crippen molar-refractivity contribution < 1.29 is 36.3 Å². The molecule has 1 aliphatic heterocycles. The first kappa shape index (κ1) is 16.7. The van der Waals surface area contributed by atoms with E-state index < -0.39 is 54.1 Å². The van der Waals surface area contributed by atoms with Crippen molar-refractivity contribution in [2.24, 2.45) is 0 Å². The third kappa shape index (κ3) is 2.54. The van der Waals surface area contributed by atoms with Gasteiger partial charge in [-0.05, 0) is 0 Å².